The van der Waals surface area contributed by atoms with Gasteiger partial charge in [-0.15, -0.1) is 0 Å². The van der Waals surface area contributed by atoms with Crippen LogP contribution in [0.25, 0.3) is 0 Å². The molecule has 0 aliphatic rings. The van der Waals surface area contributed by atoms with Crippen molar-refractivity contribution in [1.29, 1.82) is 0 Å². The second-order valence-corrected chi connectivity index (χ2v) is 6.12. The quantitative estimate of drug-likeness (QED) is 0.414. The third kappa shape index (κ3) is 11.2. The van der Waals surface area contributed by atoms with Gasteiger partial charge in [-0.3, -0.25) is 4.79 Å². The molecule has 0 fully saturated rings. The number of alkyl halides is 2. The molecule has 0 amide bonds. The van der Waals surface area contributed by atoms with Crippen LogP contribution in [0.5, 0.6) is 0 Å². The van der Waals surface area contributed by atoms with Crippen LogP contribution in [-0.4, -0.2) is 30.0 Å². The van der Waals surface area contributed by atoms with E-state index in [0.29, 0.717) is 13.0 Å². The summed E-state index contributed by atoms with van der Waals surface area (Å²) in [6.07, 6.45) is 1.93. The van der Waals surface area contributed by atoms with Gasteiger partial charge in [-0.05, 0) is 24.5 Å². The summed E-state index contributed by atoms with van der Waals surface area (Å²) < 4.78 is 31.3. The first kappa shape index (κ1) is 18.7. The molecule has 19 heavy (non-hydrogen) atoms. The molecule has 1 atom stereocenters. The average molecular weight is 296 g/mol. The molecule has 0 bridgehead atoms. The van der Waals surface area contributed by atoms with Crippen LogP contribution < -0.4 is 0 Å². The van der Waals surface area contributed by atoms with E-state index in [-0.39, 0.29) is 24.7 Å². The van der Waals surface area contributed by atoms with Crippen LogP contribution in [0.2, 0.25) is 0 Å². The molecule has 0 N–H and O–H groups in total. The van der Waals surface area contributed by atoms with Crippen molar-refractivity contribution in [2.75, 3.05) is 18.1 Å². The van der Waals surface area contributed by atoms with Crippen LogP contribution in [0.15, 0.2) is 0 Å². The van der Waals surface area contributed by atoms with E-state index in [9.17, 15) is 13.6 Å². The molecule has 0 aromatic heterocycles. The fraction of sp³-hybridized carbons (Fsp3) is 0.929. The van der Waals surface area contributed by atoms with E-state index in [2.05, 4.69) is 0 Å². The van der Waals surface area contributed by atoms with E-state index < -0.39 is 5.92 Å². The lowest BCUT2D eigenvalue weighted by Crippen LogP contribution is -2.18. The van der Waals surface area contributed by atoms with Crippen LogP contribution in [0, 0.1) is 5.92 Å². The standard InChI is InChI=1S/C14H26F2O2S/c1-4-6-13(17)18-8-10-19-9-7-12(3)11-14(15,16)5-2/h12H,4-11H2,1-3H3. The second-order valence-electron chi connectivity index (χ2n) is 4.89. The third-order valence-corrected chi connectivity index (χ3v) is 3.84. The molecule has 0 radical (unpaired) electrons. The highest BCUT2D eigenvalue weighted by atomic mass is 32.2. The van der Waals surface area contributed by atoms with Crippen LogP contribution in [0.4, 0.5) is 8.78 Å². The lowest BCUT2D eigenvalue weighted by atomic mass is 9.99. The number of halogens is 2. The molecule has 0 aromatic carbocycles. The number of rotatable bonds is 11. The molecule has 0 spiro atoms. The minimum atomic E-state index is -2.53. The number of carbonyl (C=O) groups is 1. The minimum Gasteiger partial charge on any atom is -0.465 e. The number of thioether (sulfide) groups is 1. The van der Waals surface area contributed by atoms with Crippen molar-refractivity contribution >= 4 is 17.7 Å². The summed E-state index contributed by atoms with van der Waals surface area (Å²) >= 11 is 1.65. The Balaban J connectivity index is 3.46. The predicted octanol–water partition coefficient (Wildman–Crippen LogP) is 4.52. The first-order valence-corrected chi connectivity index (χ1v) is 8.18. The van der Waals surface area contributed by atoms with Crippen molar-refractivity contribution < 1.29 is 18.3 Å². The van der Waals surface area contributed by atoms with Crippen molar-refractivity contribution in [2.45, 2.75) is 58.8 Å². The maximum absolute atomic E-state index is 13.1. The Morgan fingerprint density at radius 1 is 1.32 bits per heavy atom. The number of hydrogen-bond donors (Lipinski definition) is 0. The Labute approximate surface area is 119 Å². The van der Waals surface area contributed by atoms with Gasteiger partial charge in [0.05, 0.1) is 0 Å². The van der Waals surface area contributed by atoms with Gasteiger partial charge in [0, 0.05) is 25.0 Å². The van der Waals surface area contributed by atoms with Crippen molar-refractivity contribution in [2.24, 2.45) is 5.92 Å². The number of carbonyl (C=O) groups excluding carboxylic acids is 1. The minimum absolute atomic E-state index is 0.0322. The number of esters is 1. The van der Waals surface area contributed by atoms with E-state index in [0.717, 1.165) is 24.3 Å². The maximum Gasteiger partial charge on any atom is 0.305 e. The molecular weight excluding hydrogens is 270 g/mol. The van der Waals surface area contributed by atoms with E-state index >= 15 is 0 Å². The molecule has 0 aromatic rings. The molecule has 5 heteroatoms. The third-order valence-electron chi connectivity index (χ3n) is 2.86. The Morgan fingerprint density at radius 3 is 2.58 bits per heavy atom. The van der Waals surface area contributed by atoms with Gasteiger partial charge in [-0.2, -0.15) is 11.8 Å². The largest absolute Gasteiger partial charge is 0.465 e. The van der Waals surface area contributed by atoms with E-state index in [1.54, 1.807) is 11.8 Å². The second kappa shape index (κ2) is 10.5. The van der Waals surface area contributed by atoms with E-state index in [1.165, 1.54) is 6.92 Å². The topological polar surface area (TPSA) is 26.3 Å². The van der Waals surface area contributed by atoms with Gasteiger partial charge in [-0.1, -0.05) is 20.8 Å². The van der Waals surface area contributed by atoms with Crippen LogP contribution >= 0.6 is 11.8 Å². The van der Waals surface area contributed by atoms with Crippen LogP contribution in [0.3, 0.4) is 0 Å². The van der Waals surface area contributed by atoms with Crippen molar-refractivity contribution in [3.05, 3.63) is 0 Å². The molecular formula is C14H26F2O2S. The van der Waals surface area contributed by atoms with Gasteiger partial charge in [0.1, 0.15) is 6.61 Å². The summed E-state index contributed by atoms with van der Waals surface area (Å²) in [4.78, 5) is 11.1. The predicted molar refractivity (Wildman–Crippen MR) is 76.8 cm³/mol. The summed E-state index contributed by atoms with van der Waals surface area (Å²) in [6.45, 7) is 5.74. The summed E-state index contributed by atoms with van der Waals surface area (Å²) in [6, 6.07) is 0. The summed E-state index contributed by atoms with van der Waals surface area (Å²) in [7, 11) is 0. The normalized spacial score (nSPS) is 13.3. The molecule has 0 aliphatic heterocycles. The lowest BCUT2D eigenvalue weighted by Gasteiger charge is -2.18. The zero-order valence-corrected chi connectivity index (χ0v) is 13.0. The summed E-state index contributed by atoms with van der Waals surface area (Å²) in [5.74, 6) is -1.07. The summed E-state index contributed by atoms with van der Waals surface area (Å²) in [5.41, 5.74) is 0. The number of hydrogen-bond acceptors (Lipinski definition) is 3. The van der Waals surface area contributed by atoms with Gasteiger partial charge in [0.15, 0.2) is 0 Å². The molecule has 0 heterocycles. The molecule has 0 rings (SSSR count). The van der Waals surface area contributed by atoms with Crippen molar-refractivity contribution in [3.63, 3.8) is 0 Å². The van der Waals surface area contributed by atoms with Gasteiger partial charge < -0.3 is 4.74 Å². The fourth-order valence-corrected chi connectivity index (χ4v) is 2.61. The summed E-state index contributed by atoms with van der Waals surface area (Å²) in [5, 5.41) is 0. The smallest absolute Gasteiger partial charge is 0.305 e. The average Bonchev–Trinajstić information content (AvgIpc) is 2.33. The highest BCUT2D eigenvalue weighted by Gasteiger charge is 2.28. The van der Waals surface area contributed by atoms with Crippen molar-refractivity contribution in [3.8, 4) is 0 Å². The zero-order chi connectivity index (χ0) is 14.7. The Morgan fingerprint density at radius 2 is 2.00 bits per heavy atom. The fourth-order valence-electron chi connectivity index (χ4n) is 1.63. The molecule has 114 valence electrons. The molecule has 1 unspecified atom stereocenters. The molecule has 0 saturated heterocycles. The van der Waals surface area contributed by atoms with Gasteiger partial charge in [-0.25, -0.2) is 8.78 Å². The van der Waals surface area contributed by atoms with Crippen LogP contribution in [-0.2, 0) is 9.53 Å². The number of ether oxygens (including phenoxy) is 1. The maximum atomic E-state index is 13.1. The van der Waals surface area contributed by atoms with Gasteiger partial charge in [0.2, 0.25) is 5.92 Å². The monoisotopic (exact) mass is 296 g/mol. The highest BCUT2D eigenvalue weighted by Crippen LogP contribution is 2.28. The van der Waals surface area contributed by atoms with E-state index in [4.69, 9.17) is 4.74 Å². The first-order chi connectivity index (χ1) is 8.91. The molecule has 0 saturated carbocycles. The highest BCUT2D eigenvalue weighted by molar-refractivity contribution is 7.99. The van der Waals surface area contributed by atoms with Gasteiger partial charge >= 0.3 is 5.97 Å². The zero-order valence-electron chi connectivity index (χ0n) is 12.2. The van der Waals surface area contributed by atoms with Crippen LogP contribution in [0.1, 0.15) is 52.9 Å². The Hall–Kier alpha value is -0.320. The van der Waals surface area contributed by atoms with E-state index in [1.807, 2.05) is 13.8 Å². The SMILES string of the molecule is CCCC(=O)OCCSCCC(C)CC(F)(F)CC. The molecule has 0 aliphatic carbocycles. The first-order valence-electron chi connectivity index (χ1n) is 7.02. The Bertz CT molecular complexity index is 248. The van der Waals surface area contributed by atoms with Gasteiger partial charge in [0.25, 0.3) is 0 Å². The molecule has 2 nitrogen and oxygen atoms in total. The lowest BCUT2D eigenvalue weighted by molar-refractivity contribution is -0.143. The Kier molecular flexibility index (Phi) is 10.3. The van der Waals surface area contributed by atoms with Crippen molar-refractivity contribution in [1.82, 2.24) is 0 Å².